The molecule has 0 aliphatic carbocycles. The maximum absolute atomic E-state index is 11.5. The molecule has 1 heterocycles. The Morgan fingerprint density at radius 1 is 1.47 bits per heavy atom. The van der Waals surface area contributed by atoms with Gasteiger partial charge in [-0.25, -0.2) is 0 Å². The summed E-state index contributed by atoms with van der Waals surface area (Å²) in [6, 6.07) is 0. The first-order valence-electron chi connectivity index (χ1n) is 4.84. The molecule has 2 N–H and O–H groups in total. The molecule has 1 aliphatic rings. The smallest absolute Gasteiger partial charge is 0.159 e. The summed E-state index contributed by atoms with van der Waals surface area (Å²) < 4.78 is 0. The number of nitrogens with zero attached hydrogens (tertiary/aromatic N) is 1. The maximum atomic E-state index is 11.5. The average Bonchev–Trinajstić information content (AvgIpc) is 1.99. The molecule has 82 valence electrons. The lowest BCUT2D eigenvalue weighted by atomic mass is 9.75. The summed E-state index contributed by atoms with van der Waals surface area (Å²) in [7, 11) is 0. The average molecular weight is 208 g/mol. The molecule has 0 saturated heterocycles. The van der Waals surface area contributed by atoms with E-state index >= 15 is 0 Å². The van der Waals surface area contributed by atoms with Crippen LogP contribution in [0.25, 0.3) is 0 Å². The van der Waals surface area contributed by atoms with Gasteiger partial charge in [-0.3, -0.25) is 14.6 Å². The second-order valence-corrected chi connectivity index (χ2v) is 4.17. The van der Waals surface area contributed by atoms with Gasteiger partial charge in [-0.1, -0.05) is 0 Å². The summed E-state index contributed by atoms with van der Waals surface area (Å²) in [4.78, 5) is 26.9. The molecule has 0 fully saturated rings. The Morgan fingerprint density at radius 2 is 2.00 bits per heavy atom. The third-order valence-corrected chi connectivity index (χ3v) is 2.75. The molecular formula is C11H16N2O2. The van der Waals surface area contributed by atoms with Gasteiger partial charge in [-0.15, -0.1) is 0 Å². The number of ketones is 2. The standard InChI is InChI=1S/C11H16N2O2/c1-6-10(8(3)15)11(4,12)9(5-13-6)7(2)14/h5,9H,12H2,1-4H3. The molecule has 0 aromatic carbocycles. The van der Waals surface area contributed by atoms with Crippen LogP contribution < -0.4 is 5.73 Å². The highest BCUT2D eigenvalue weighted by molar-refractivity contribution is 6.04. The first kappa shape index (κ1) is 11.8. The fourth-order valence-corrected chi connectivity index (χ4v) is 2.11. The van der Waals surface area contributed by atoms with E-state index in [1.807, 2.05) is 0 Å². The number of carbonyl (C=O) groups is 2. The molecule has 1 aliphatic heterocycles. The number of carbonyl (C=O) groups excluding carboxylic acids is 2. The highest BCUT2D eigenvalue weighted by atomic mass is 16.1. The molecule has 0 aromatic rings. The number of hydrogen-bond acceptors (Lipinski definition) is 4. The highest BCUT2D eigenvalue weighted by Crippen LogP contribution is 2.30. The van der Waals surface area contributed by atoms with Crippen molar-refractivity contribution in [2.75, 3.05) is 0 Å². The molecule has 1 rings (SSSR count). The minimum Gasteiger partial charge on any atom is -0.321 e. The quantitative estimate of drug-likeness (QED) is 0.731. The van der Waals surface area contributed by atoms with Gasteiger partial charge in [-0.05, 0) is 27.7 Å². The summed E-state index contributed by atoms with van der Waals surface area (Å²) in [5.41, 5.74) is 6.18. The molecule has 2 atom stereocenters. The fourth-order valence-electron chi connectivity index (χ4n) is 2.11. The Labute approximate surface area is 89.3 Å². The van der Waals surface area contributed by atoms with Gasteiger partial charge in [0.2, 0.25) is 0 Å². The Hall–Kier alpha value is -1.29. The monoisotopic (exact) mass is 208 g/mol. The summed E-state index contributed by atoms with van der Waals surface area (Å²) in [5.74, 6) is -0.712. The van der Waals surface area contributed by atoms with Crippen molar-refractivity contribution in [3.05, 3.63) is 11.3 Å². The third-order valence-electron chi connectivity index (χ3n) is 2.75. The Kier molecular flexibility index (Phi) is 2.90. The summed E-state index contributed by atoms with van der Waals surface area (Å²) in [5, 5.41) is 0. The second kappa shape index (κ2) is 3.70. The Balaban J connectivity index is 3.29. The van der Waals surface area contributed by atoms with Gasteiger partial charge < -0.3 is 5.73 Å². The number of Topliss-reactive ketones (excluding diaryl/α,β-unsaturated/α-hetero) is 2. The molecule has 0 bridgehead atoms. The van der Waals surface area contributed by atoms with Crippen LogP contribution >= 0.6 is 0 Å². The molecule has 15 heavy (non-hydrogen) atoms. The topological polar surface area (TPSA) is 72.5 Å². The van der Waals surface area contributed by atoms with E-state index in [1.165, 1.54) is 20.1 Å². The van der Waals surface area contributed by atoms with E-state index in [0.29, 0.717) is 11.3 Å². The van der Waals surface area contributed by atoms with Crippen molar-refractivity contribution < 1.29 is 9.59 Å². The second-order valence-electron chi connectivity index (χ2n) is 4.17. The first-order valence-corrected chi connectivity index (χ1v) is 4.84. The van der Waals surface area contributed by atoms with E-state index in [0.717, 1.165) is 0 Å². The predicted molar refractivity (Wildman–Crippen MR) is 58.6 cm³/mol. The van der Waals surface area contributed by atoms with Crippen LogP contribution in [-0.4, -0.2) is 23.3 Å². The van der Waals surface area contributed by atoms with Crippen LogP contribution in [0.5, 0.6) is 0 Å². The zero-order chi connectivity index (χ0) is 11.8. The van der Waals surface area contributed by atoms with Crippen molar-refractivity contribution in [3.8, 4) is 0 Å². The molecular weight excluding hydrogens is 192 g/mol. The van der Waals surface area contributed by atoms with Crippen molar-refractivity contribution in [2.45, 2.75) is 33.2 Å². The lowest BCUT2D eigenvalue weighted by Crippen LogP contribution is -2.53. The third kappa shape index (κ3) is 1.90. The minimum absolute atomic E-state index is 0.0741. The molecule has 0 spiro atoms. The zero-order valence-electron chi connectivity index (χ0n) is 9.50. The van der Waals surface area contributed by atoms with Crippen LogP contribution in [0.15, 0.2) is 16.3 Å². The van der Waals surface area contributed by atoms with Crippen LogP contribution in [-0.2, 0) is 9.59 Å². The van der Waals surface area contributed by atoms with Crippen molar-refractivity contribution in [3.63, 3.8) is 0 Å². The number of nitrogens with two attached hydrogens (primary N) is 1. The molecule has 0 aromatic heterocycles. The number of hydrogen-bond donors (Lipinski definition) is 1. The van der Waals surface area contributed by atoms with Gasteiger partial charge in [0.1, 0.15) is 5.78 Å². The Bertz CT molecular complexity index is 378. The summed E-state index contributed by atoms with van der Waals surface area (Å²) in [6.45, 7) is 6.33. The molecule has 0 amide bonds. The number of aliphatic imine (C=N–C) groups is 1. The van der Waals surface area contributed by atoms with Gasteiger partial charge in [0.25, 0.3) is 0 Å². The van der Waals surface area contributed by atoms with Crippen molar-refractivity contribution >= 4 is 17.8 Å². The number of rotatable bonds is 2. The largest absolute Gasteiger partial charge is 0.321 e. The summed E-state index contributed by atoms with van der Waals surface area (Å²) in [6.07, 6.45) is 1.53. The van der Waals surface area contributed by atoms with Crippen molar-refractivity contribution in [2.24, 2.45) is 16.6 Å². The zero-order valence-corrected chi connectivity index (χ0v) is 9.50. The van der Waals surface area contributed by atoms with E-state index in [2.05, 4.69) is 4.99 Å². The van der Waals surface area contributed by atoms with E-state index < -0.39 is 11.5 Å². The lowest BCUT2D eigenvalue weighted by molar-refractivity contribution is -0.120. The van der Waals surface area contributed by atoms with Crippen molar-refractivity contribution in [1.82, 2.24) is 0 Å². The molecule has 0 saturated carbocycles. The predicted octanol–water partition coefficient (Wildman–Crippen LogP) is 0.856. The fraction of sp³-hybridized carbons (Fsp3) is 0.545. The first-order chi connectivity index (χ1) is 6.78. The van der Waals surface area contributed by atoms with Crippen LogP contribution in [0.1, 0.15) is 27.7 Å². The van der Waals surface area contributed by atoms with Crippen LogP contribution in [0, 0.1) is 5.92 Å². The van der Waals surface area contributed by atoms with Crippen LogP contribution in [0.2, 0.25) is 0 Å². The normalized spacial score (nSPS) is 30.6. The van der Waals surface area contributed by atoms with E-state index in [1.54, 1.807) is 13.8 Å². The molecule has 4 nitrogen and oxygen atoms in total. The van der Waals surface area contributed by atoms with Gasteiger partial charge in [0, 0.05) is 17.5 Å². The molecule has 0 radical (unpaired) electrons. The van der Waals surface area contributed by atoms with Gasteiger partial charge in [-0.2, -0.15) is 0 Å². The Morgan fingerprint density at radius 3 is 2.40 bits per heavy atom. The van der Waals surface area contributed by atoms with Gasteiger partial charge in [0.15, 0.2) is 5.78 Å². The maximum Gasteiger partial charge on any atom is 0.159 e. The molecule has 4 heteroatoms. The van der Waals surface area contributed by atoms with E-state index in [4.69, 9.17) is 5.73 Å². The number of allylic oxidation sites excluding steroid dienone is 1. The van der Waals surface area contributed by atoms with Gasteiger partial charge >= 0.3 is 0 Å². The molecule has 2 unspecified atom stereocenters. The van der Waals surface area contributed by atoms with Crippen LogP contribution in [0.4, 0.5) is 0 Å². The lowest BCUT2D eigenvalue weighted by Gasteiger charge is -2.34. The SMILES string of the molecule is CC(=O)C1=C(C)N=CC(C(C)=O)C1(C)N. The van der Waals surface area contributed by atoms with E-state index in [9.17, 15) is 9.59 Å². The van der Waals surface area contributed by atoms with E-state index in [-0.39, 0.29) is 11.6 Å². The summed E-state index contributed by atoms with van der Waals surface area (Å²) >= 11 is 0. The highest BCUT2D eigenvalue weighted by Gasteiger charge is 2.41. The minimum atomic E-state index is -0.941. The van der Waals surface area contributed by atoms with Crippen molar-refractivity contribution in [1.29, 1.82) is 0 Å². The van der Waals surface area contributed by atoms with Crippen LogP contribution in [0.3, 0.4) is 0 Å². The van der Waals surface area contributed by atoms with Gasteiger partial charge in [0.05, 0.1) is 11.5 Å².